The van der Waals surface area contributed by atoms with Crippen molar-refractivity contribution >= 4 is 28.7 Å². The fraction of sp³-hybridized carbons (Fsp3) is 0.276. The third kappa shape index (κ3) is 6.61. The molecule has 4 N–H and O–H groups in total. The summed E-state index contributed by atoms with van der Waals surface area (Å²) in [6.07, 6.45) is 2.69. The van der Waals surface area contributed by atoms with Crippen LogP contribution in [0.2, 0.25) is 0 Å². The summed E-state index contributed by atoms with van der Waals surface area (Å²) in [5, 5.41) is 12.9. The summed E-state index contributed by atoms with van der Waals surface area (Å²) in [4.78, 5) is 31.1. The molecule has 10 nitrogen and oxygen atoms in total. The lowest BCUT2D eigenvalue weighted by molar-refractivity contribution is -0.0509. The first-order chi connectivity index (χ1) is 19.7. The number of primary amides is 1. The highest BCUT2D eigenvalue weighted by Crippen LogP contribution is 2.38. The predicted octanol–water partition coefficient (Wildman–Crippen LogP) is 4.87. The van der Waals surface area contributed by atoms with Crippen LogP contribution in [-0.4, -0.2) is 57.3 Å². The van der Waals surface area contributed by atoms with Gasteiger partial charge >= 0.3 is 12.6 Å². The normalized spacial score (nSPS) is 14.4. The van der Waals surface area contributed by atoms with Crippen molar-refractivity contribution in [2.45, 2.75) is 39.0 Å². The number of alkyl halides is 2. The summed E-state index contributed by atoms with van der Waals surface area (Å²) in [5.41, 5.74) is 7.74. The molecule has 12 heteroatoms. The van der Waals surface area contributed by atoms with Gasteiger partial charge in [-0.1, -0.05) is 12.1 Å². The first kappa shape index (κ1) is 28.0. The van der Waals surface area contributed by atoms with Gasteiger partial charge in [-0.25, -0.2) is 9.78 Å². The van der Waals surface area contributed by atoms with E-state index in [0.717, 1.165) is 38.0 Å². The Kier molecular flexibility index (Phi) is 8.13. The Balaban J connectivity index is 1.30. The summed E-state index contributed by atoms with van der Waals surface area (Å²) < 4.78 is 38.1. The number of carbonyl (C=O) groups is 2. The maximum absolute atomic E-state index is 13.2. The highest BCUT2D eigenvalue weighted by atomic mass is 19.3. The van der Waals surface area contributed by atoms with Crippen molar-refractivity contribution in [1.82, 2.24) is 14.5 Å². The fourth-order valence-electron chi connectivity index (χ4n) is 4.87. The van der Waals surface area contributed by atoms with E-state index < -0.39 is 12.6 Å². The number of amides is 2. The second kappa shape index (κ2) is 11.9. The molecule has 0 bridgehead atoms. The number of nitrogens with one attached hydrogen (secondary N) is 1. The molecule has 2 aromatic heterocycles. The lowest BCUT2D eigenvalue weighted by Crippen LogP contribution is -2.35. The highest BCUT2D eigenvalue weighted by Gasteiger charge is 2.19. The van der Waals surface area contributed by atoms with Crippen molar-refractivity contribution in [2.24, 2.45) is 5.73 Å². The molecule has 1 aliphatic rings. The molecule has 2 amide bonds. The van der Waals surface area contributed by atoms with Gasteiger partial charge in [0.25, 0.3) is 5.91 Å². The minimum absolute atomic E-state index is 0.0262. The number of aryl methyl sites for hydroxylation is 1. The average molecular weight is 566 g/mol. The van der Waals surface area contributed by atoms with Crippen molar-refractivity contribution in [3.63, 3.8) is 0 Å². The van der Waals surface area contributed by atoms with E-state index in [0.29, 0.717) is 22.2 Å². The Morgan fingerprint density at radius 3 is 2.51 bits per heavy atom. The molecule has 2 aromatic carbocycles. The molecule has 4 aromatic rings. The zero-order valence-corrected chi connectivity index (χ0v) is 22.2. The Hall–Kier alpha value is -4.55. The zero-order valence-electron chi connectivity index (χ0n) is 22.2. The molecule has 0 atom stereocenters. The monoisotopic (exact) mass is 565 g/mol. The molecule has 0 aliphatic carbocycles. The van der Waals surface area contributed by atoms with Gasteiger partial charge in [0, 0.05) is 54.6 Å². The number of hydrogen-bond acceptors (Lipinski definition) is 7. The van der Waals surface area contributed by atoms with E-state index in [1.807, 2.05) is 12.1 Å². The predicted molar refractivity (Wildman–Crippen MR) is 148 cm³/mol. The third-order valence-corrected chi connectivity index (χ3v) is 6.87. The number of fused-ring (bicyclic) bond motifs is 1. The van der Waals surface area contributed by atoms with Gasteiger partial charge in [-0.05, 0) is 55.7 Å². The van der Waals surface area contributed by atoms with E-state index >= 15 is 0 Å². The SMILES string of the molecule is Cc1cc2cc(Oc3ccnc(NC(=O)c4ccc(CN5CCC(O)CC5)cc4)c3)c(OC(F)F)cc2n1C(N)=O. The number of aliphatic hydroxyl groups excluding tert-OH is 1. The molecule has 0 radical (unpaired) electrons. The first-order valence-electron chi connectivity index (χ1n) is 13.0. The quantitative estimate of drug-likeness (QED) is 0.278. The number of ether oxygens (including phenoxy) is 2. The number of nitrogens with zero attached hydrogens (tertiary/aromatic N) is 3. The van der Waals surface area contributed by atoms with Crippen LogP contribution in [0.5, 0.6) is 17.2 Å². The lowest BCUT2D eigenvalue weighted by atomic mass is 10.1. The summed E-state index contributed by atoms with van der Waals surface area (Å²) >= 11 is 0. The van der Waals surface area contributed by atoms with Crippen LogP contribution in [0.4, 0.5) is 19.4 Å². The van der Waals surface area contributed by atoms with Crippen molar-refractivity contribution < 1.29 is 33.0 Å². The van der Waals surface area contributed by atoms with Gasteiger partial charge < -0.3 is 25.6 Å². The molecule has 1 saturated heterocycles. The Labute approximate surface area is 234 Å². The molecule has 214 valence electrons. The van der Waals surface area contributed by atoms with Crippen LogP contribution in [0.15, 0.2) is 60.8 Å². The minimum Gasteiger partial charge on any atom is -0.453 e. The van der Waals surface area contributed by atoms with E-state index in [4.69, 9.17) is 10.5 Å². The van der Waals surface area contributed by atoms with Gasteiger partial charge in [-0.2, -0.15) is 8.78 Å². The van der Waals surface area contributed by atoms with Gasteiger partial charge in [-0.3, -0.25) is 14.3 Å². The maximum Gasteiger partial charge on any atom is 0.387 e. The highest BCUT2D eigenvalue weighted by molar-refractivity contribution is 6.03. The number of hydrogen-bond donors (Lipinski definition) is 3. The maximum atomic E-state index is 13.2. The number of aromatic nitrogens is 2. The second-order valence-corrected chi connectivity index (χ2v) is 9.83. The van der Waals surface area contributed by atoms with E-state index in [1.54, 1.807) is 25.1 Å². The van der Waals surface area contributed by atoms with Gasteiger partial charge in [-0.15, -0.1) is 0 Å². The smallest absolute Gasteiger partial charge is 0.387 e. The van der Waals surface area contributed by atoms with Gasteiger partial charge in [0.05, 0.1) is 11.6 Å². The number of carbonyl (C=O) groups excluding carboxylic acids is 2. The minimum atomic E-state index is -3.14. The molecule has 0 unspecified atom stereocenters. The first-order valence-corrected chi connectivity index (χ1v) is 13.0. The molecule has 1 fully saturated rings. The van der Waals surface area contributed by atoms with Crippen LogP contribution in [-0.2, 0) is 6.54 Å². The van der Waals surface area contributed by atoms with Gasteiger partial charge in [0.1, 0.15) is 11.6 Å². The van der Waals surface area contributed by atoms with Crippen molar-refractivity contribution in [3.05, 3.63) is 77.6 Å². The number of nitrogens with two attached hydrogens (primary N) is 1. The fourth-order valence-corrected chi connectivity index (χ4v) is 4.87. The lowest BCUT2D eigenvalue weighted by Gasteiger charge is -2.29. The largest absolute Gasteiger partial charge is 0.453 e. The third-order valence-electron chi connectivity index (χ3n) is 6.87. The Morgan fingerprint density at radius 1 is 1.10 bits per heavy atom. The van der Waals surface area contributed by atoms with Crippen LogP contribution < -0.4 is 20.5 Å². The number of halogens is 2. The number of rotatable bonds is 8. The van der Waals surface area contributed by atoms with Crippen LogP contribution in [0.3, 0.4) is 0 Å². The second-order valence-electron chi connectivity index (χ2n) is 9.83. The number of piperidine rings is 1. The van der Waals surface area contributed by atoms with E-state index in [1.165, 1.54) is 35.0 Å². The Morgan fingerprint density at radius 2 is 1.83 bits per heavy atom. The topological polar surface area (TPSA) is 132 Å². The summed E-state index contributed by atoms with van der Waals surface area (Å²) in [5.74, 6) is -0.301. The molecular formula is C29H29F2N5O5. The average Bonchev–Trinajstić information content (AvgIpc) is 3.25. The van der Waals surface area contributed by atoms with Crippen LogP contribution >= 0.6 is 0 Å². The molecule has 0 saturated carbocycles. The van der Waals surface area contributed by atoms with Gasteiger partial charge in [0.2, 0.25) is 0 Å². The Bertz CT molecular complexity index is 1570. The number of anilines is 1. The van der Waals surface area contributed by atoms with E-state index in [2.05, 4.69) is 19.9 Å². The summed E-state index contributed by atoms with van der Waals surface area (Å²) in [6.45, 7) is 0.920. The van der Waals surface area contributed by atoms with Crippen molar-refractivity contribution in [3.8, 4) is 17.2 Å². The molecule has 41 heavy (non-hydrogen) atoms. The van der Waals surface area contributed by atoms with Crippen LogP contribution in [0, 0.1) is 6.92 Å². The number of benzene rings is 2. The molecular weight excluding hydrogens is 536 g/mol. The number of aliphatic hydroxyl groups is 1. The van der Waals surface area contributed by atoms with E-state index in [9.17, 15) is 23.5 Å². The van der Waals surface area contributed by atoms with Crippen LogP contribution in [0.1, 0.15) is 34.5 Å². The number of pyridine rings is 1. The standard InChI is InChI=1S/C29H29F2N5O5/c1-17-12-20-13-24(25(41-28(30)31)15-23(20)36(17)29(32)39)40-22-6-9-33-26(14-22)34-27(38)19-4-2-18(3-5-19)16-35-10-7-21(37)8-11-35/h2-6,9,12-15,21,28,37H,7-8,10-11,16H2,1H3,(H2,32,39)(H,33,34,38). The van der Waals surface area contributed by atoms with Gasteiger partial charge in [0.15, 0.2) is 11.5 Å². The number of likely N-dealkylation sites (tertiary alicyclic amines) is 1. The summed E-state index contributed by atoms with van der Waals surface area (Å²) in [7, 11) is 0. The molecule has 1 aliphatic heterocycles. The molecule has 5 rings (SSSR count). The van der Waals surface area contributed by atoms with Crippen molar-refractivity contribution in [1.29, 1.82) is 0 Å². The zero-order chi connectivity index (χ0) is 29.1. The molecule has 0 spiro atoms. The molecule has 3 heterocycles. The van der Waals surface area contributed by atoms with Crippen LogP contribution in [0.25, 0.3) is 10.9 Å². The van der Waals surface area contributed by atoms with Crippen molar-refractivity contribution in [2.75, 3.05) is 18.4 Å². The summed E-state index contributed by atoms with van der Waals surface area (Å²) in [6, 6.07) is 13.8. The van der Waals surface area contributed by atoms with E-state index in [-0.39, 0.29) is 35.1 Å².